The van der Waals surface area contributed by atoms with E-state index in [1.54, 1.807) is 0 Å². The van der Waals surface area contributed by atoms with E-state index in [4.69, 9.17) is 9.47 Å². The molecule has 0 radical (unpaired) electrons. The molecule has 0 fully saturated rings. The van der Waals surface area contributed by atoms with Crippen LogP contribution in [-0.4, -0.2) is 55.0 Å². The Morgan fingerprint density at radius 2 is 1.64 bits per heavy atom. The number of hydrogen-bond donors (Lipinski definition) is 3. The number of fused-ring (bicyclic) bond motifs is 3. The number of rotatable bonds is 10. The van der Waals surface area contributed by atoms with Crippen LogP contribution in [-0.2, 0) is 19.1 Å². The largest absolute Gasteiger partial charge is 0.480 e. The number of carbonyl (C=O) groups is 3. The van der Waals surface area contributed by atoms with Gasteiger partial charge in [0.15, 0.2) is 6.04 Å². The highest BCUT2D eigenvalue weighted by molar-refractivity contribution is 5.89. The van der Waals surface area contributed by atoms with Crippen LogP contribution in [0.2, 0.25) is 0 Å². The molecule has 1 unspecified atom stereocenters. The van der Waals surface area contributed by atoms with E-state index in [1.807, 2.05) is 48.5 Å². The predicted molar refractivity (Wildman–Crippen MR) is 123 cm³/mol. The van der Waals surface area contributed by atoms with E-state index in [2.05, 4.69) is 17.2 Å². The fraction of sp³-hybridized carbons (Fsp3) is 0.320. The molecule has 0 aliphatic heterocycles. The van der Waals surface area contributed by atoms with Crippen LogP contribution in [0, 0.1) is 0 Å². The maximum atomic E-state index is 12.6. The van der Waals surface area contributed by atoms with E-state index in [1.165, 1.54) is 20.1 Å². The van der Waals surface area contributed by atoms with E-state index in [9.17, 15) is 19.5 Å². The van der Waals surface area contributed by atoms with Crippen molar-refractivity contribution in [3.05, 3.63) is 72.3 Å². The first-order chi connectivity index (χ1) is 15.9. The fourth-order valence-corrected chi connectivity index (χ4v) is 3.95. The van der Waals surface area contributed by atoms with Crippen molar-refractivity contribution in [3.63, 3.8) is 0 Å². The summed E-state index contributed by atoms with van der Waals surface area (Å²) >= 11 is 0. The highest BCUT2D eigenvalue weighted by Crippen LogP contribution is 2.44. The van der Waals surface area contributed by atoms with Gasteiger partial charge in [-0.05, 0) is 35.6 Å². The third-order valence-corrected chi connectivity index (χ3v) is 5.76. The zero-order valence-corrected chi connectivity index (χ0v) is 18.6. The Morgan fingerprint density at radius 1 is 1.06 bits per heavy atom. The Bertz CT molecular complexity index is 992. The molecule has 3 N–H and O–H groups in total. The lowest BCUT2D eigenvalue weighted by molar-refractivity contribution is -0.145. The molecule has 1 aliphatic carbocycles. The van der Waals surface area contributed by atoms with E-state index < -0.39 is 36.2 Å². The van der Waals surface area contributed by atoms with Gasteiger partial charge < -0.3 is 25.2 Å². The number of carboxylic acid groups (broad SMARTS) is 1. The highest BCUT2D eigenvalue weighted by atomic mass is 16.5. The van der Waals surface area contributed by atoms with Gasteiger partial charge in [0, 0.05) is 13.0 Å². The summed E-state index contributed by atoms with van der Waals surface area (Å²) in [6.07, 6.45) is 0.0311. The minimum absolute atomic E-state index is 0.0980. The van der Waals surface area contributed by atoms with Gasteiger partial charge in [-0.1, -0.05) is 54.6 Å². The second kappa shape index (κ2) is 10.8. The summed E-state index contributed by atoms with van der Waals surface area (Å²) in [6, 6.07) is 13.6. The van der Waals surface area contributed by atoms with Crippen LogP contribution in [0.3, 0.4) is 0 Å². The first kappa shape index (κ1) is 24.0. The number of benzene rings is 2. The predicted octanol–water partition coefficient (Wildman–Crippen LogP) is 3.07. The first-order valence-electron chi connectivity index (χ1n) is 10.7. The number of carbonyl (C=O) groups excluding carboxylic acids is 2. The molecule has 0 aromatic heterocycles. The molecule has 3 rings (SSSR count). The number of aliphatic carboxylic acids is 1. The second-order valence-electron chi connectivity index (χ2n) is 7.81. The summed E-state index contributed by atoms with van der Waals surface area (Å²) in [5, 5.41) is 14.3. The van der Waals surface area contributed by atoms with E-state index in [-0.39, 0.29) is 18.9 Å². The molecule has 0 spiro atoms. The average molecular weight is 453 g/mol. The van der Waals surface area contributed by atoms with Gasteiger partial charge in [0.05, 0.1) is 6.10 Å². The Kier molecular flexibility index (Phi) is 7.84. The third-order valence-electron chi connectivity index (χ3n) is 5.76. The van der Waals surface area contributed by atoms with Crippen LogP contribution in [0.1, 0.15) is 30.4 Å². The molecule has 33 heavy (non-hydrogen) atoms. The van der Waals surface area contributed by atoms with E-state index >= 15 is 0 Å². The van der Waals surface area contributed by atoms with Crippen LogP contribution in [0.4, 0.5) is 4.79 Å². The number of hydrogen-bond acceptors (Lipinski definition) is 5. The number of methoxy groups -OCH3 is 1. The SMILES string of the molecule is C=CCC(NC(=O)OCC1c2ccccc2-c2ccccc21)C(=O)N[C@H](C(=O)O)[C@@H](C)OC. The number of alkyl carbamates (subject to hydrolysis) is 1. The van der Waals surface area contributed by atoms with Crippen molar-refractivity contribution in [3.8, 4) is 11.1 Å². The lowest BCUT2D eigenvalue weighted by Gasteiger charge is -2.23. The normalized spacial score (nSPS) is 14.8. The minimum atomic E-state index is -1.26. The van der Waals surface area contributed by atoms with Crippen molar-refractivity contribution in [1.82, 2.24) is 10.6 Å². The Morgan fingerprint density at radius 3 is 2.15 bits per heavy atom. The summed E-state index contributed by atoms with van der Waals surface area (Å²) in [5.74, 6) is -2.02. The molecule has 3 atom stereocenters. The average Bonchev–Trinajstić information content (AvgIpc) is 3.13. The van der Waals surface area contributed by atoms with Crippen LogP contribution < -0.4 is 10.6 Å². The van der Waals surface area contributed by atoms with Crippen molar-refractivity contribution in [2.75, 3.05) is 13.7 Å². The van der Waals surface area contributed by atoms with Gasteiger partial charge in [-0.2, -0.15) is 0 Å². The molecule has 8 nitrogen and oxygen atoms in total. The Hall–Kier alpha value is -3.65. The summed E-state index contributed by atoms with van der Waals surface area (Å²) in [6.45, 7) is 5.23. The lowest BCUT2D eigenvalue weighted by atomic mass is 9.98. The van der Waals surface area contributed by atoms with Gasteiger partial charge in [-0.3, -0.25) is 4.79 Å². The third kappa shape index (κ3) is 5.40. The van der Waals surface area contributed by atoms with Gasteiger partial charge in [0.1, 0.15) is 12.6 Å². The van der Waals surface area contributed by atoms with Gasteiger partial charge >= 0.3 is 12.1 Å². The molecule has 0 saturated heterocycles. The zero-order valence-electron chi connectivity index (χ0n) is 18.6. The minimum Gasteiger partial charge on any atom is -0.480 e. The molecular formula is C25H28N2O6. The number of carboxylic acids is 1. The number of nitrogens with one attached hydrogen (secondary N) is 2. The summed E-state index contributed by atoms with van der Waals surface area (Å²) in [5.41, 5.74) is 4.37. The maximum Gasteiger partial charge on any atom is 0.407 e. The molecule has 0 heterocycles. The summed E-state index contributed by atoms with van der Waals surface area (Å²) in [7, 11) is 1.35. The Balaban J connectivity index is 1.65. The van der Waals surface area contributed by atoms with Gasteiger partial charge in [0.2, 0.25) is 5.91 Å². The van der Waals surface area contributed by atoms with E-state index in [0.717, 1.165) is 22.3 Å². The van der Waals surface area contributed by atoms with Crippen molar-refractivity contribution in [2.24, 2.45) is 0 Å². The maximum absolute atomic E-state index is 12.6. The van der Waals surface area contributed by atoms with Crippen molar-refractivity contribution < 1.29 is 29.0 Å². The molecular weight excluding hydrogens is 424 g/mol. The molecule has 0 bridgehead atoms. The summed E-state index contributed by atoms with van der Waals surface area (Å²) in [4.78, 5) is 36.6. The van der Waals surface area contributed by atoms with E-state index in [0.29, 0.717) is 0 Å². The smallest absolute Gasteiger partial charge is 0.407 e. The highest BCUT2D eigenvalue weighted by Gasteiger charge is 2.32. The molecule has 0 saturated carbocycles. The zero-order chi connectivity index (χ0) is 24.0. The van der Waals surface area contributed by atoms with Crippen LogP contribution in [0.15, 0.2) is 61.2 Å². The van der Waals surface area contributed by atoms with Gasteiger partial charge in [-0.15, -0.1) is 6.58 Å². The first-order valence-corrected chi connectivity index (χ1v) is 10.7. The second-order valence-corrected chi connectivity index (χ2v) is 7.81. The number of amides is 2. The van der Waals surface area contributed by atoms with Crippen LogP contribution in [0.25, 0.3) is 11.1 Å². The molecule has 8 heteroatoms. The van der Waals surface area contributed by atoms with Crippen molar-refractivity contribution in [2.45, 2.75) is 37.5 Å². The molecule has 1 aliphatic rings. The summed E-state index contributed by atoms with van der Waals surface area (Å²) < 4.78 is 10.5. The Labute approximate surface area is 192 Å². The molecule has 2 amide bonds. The molecule has 2 aromatic rings. The monoisotopic (exact) mass is 452 g/mol. The quantitative estimate of drug-likeness (QED) is 0.478. The topological polar surface area (TPSA) is 114 Å². The molecule has 174 valence electrons. The van der Waals surface area contributed by atoms with Crippen molar-refractivity contribution >= 4 is 18.0 Å². The van der Waals surface area contributed by atoms with Crippen LogP contribution in [0.5, 0.6) is 0 Å². The van der Waals surface area contributed by atoms with Crippen molar-refractivity contribution in [1.29, 1.82) is 0 Å². The standard InChI is InChI=1S/C25H28N2O6/c1-4-9-21(23(28)27-22(24(29)30)15(2)32-3)26-25(31)33-14-20-18-12-7-5-10-16(18)17-11-6-8-13-19(17)20/h4-8,10-13,15,20-22H,1,9,14H2,2-3H3,(H,26,31)(H,27,28)(H,29,30)/t15-,21?,22+/m1/s1. The van der Waals surface area contributed by atoms with Gasteiger partial charge in [-0.25, -0.2) is 9.59 Å². The van der Waals surface area contributed by atoms with Gasteiger partial charge in [0.25, 0.3) is 0 Å². The number of ether oxygens (including phenoxy) is 2. The lowest BCUT2D eigenvalue weighted by Crippen LogP contribution is -2.55. The van der Waals surface area contributed by atoms with Crippen LogP contribution >= 0.6 is 0 Å². The molecule has 2 aromatic carbocycles. The fourth-order valence-electron chi connectivity index (χ4n) is 3.95.